The van der Waals surface area contributed by atoms with Crippen LogP contribution in [0.5, 0.6) is 0 Å². The predicted molar refractivity (Wildman–Crippen MR) is 418 cm³/mol. The summed E-state index contributed by atoms with van der Waals surface area (Å²) in [5, 5.41) is 0. The Morgan fingerprint density at radius 2 is 0.236 bits per heavy atom. The van der Waals surface area contributed by atoms with Gasteiger partial charge in [0.05, 0.1) is 148 Å². The molecule has 37 fully saturated rings. The molecule has 0 aromatic heterocycles. The molecule has 140 heavy (non-hydrogen) atoms. The van der Waals surface area contributed by atoms with E-state index >= 15 is 0 Å². The van der Waals surface area contributed by atoms with Crippen LogP contribution < -0.4 is 0 Å². The fourth-order valence-electron chi connectivity index (χ4n) is 40.4. The molecule has 23 saturated carbocycles. The lowest BCUT2D eigenvalue weighted by molar-refractivity contribution is -0.188. The van der Waals surface area contributed by atoms with Crippen molar-refractivity contribution in [3.8, 4) is 0 Å². The molecule has 14 aliphatic heterocycles. The number of hydrogen-bond acceptors (Lipinski definition) is 42. The van der Waals surface area contributed by atoms with E-state index in [1.165, 1.54) is 0 Å². The second kappa shape index (κ2) is 28.9. The van der Waals surface area contributed by atoms with Gasteiger partial charge in [-0.15, -0.1) is 0 Å². The Labute approximate surface area is 786 Å². The molecule has 37 aliphatic rings. The quantitative estimate of drug-likeness (QED) is 0.132. The Morgan fingerprint density at radius 3 is 0.507 bits per heavy atom. The molecule has 42 nitrogen and oxygen atoms in total. The molecule has 14 saturated heterocycles. The van der Waals surface area contributed by atoms with Crippen molar-refractivity contribution in [1.82, 2.24) is 0 Å². The molecule has 37 rings (SSSR count). The number of esters is 28. The highest BCUT2D eigenvalue weighted by molar-refractivity contribution is 6.08. The summed E-state index contributed by atoms with van der Waals surface area (Å²) in [4.78, 5) is 331. The van der Waals surface area contributed by atoms with Gasteiger partial charge >= 0.3 is 167 Å². The molecule has 48 unspecified atom stereocenters. The fraction of sp³-hybridized carbons (Fsp3) is 0.714. The monoisotopic (exact) mass is 1930 g/mol. The minimum absolute atomic E-state index is 0.0826. The first kappa shape index (κ1) is 85.9. The van der Waals surface area contributed by atoms with Crippen LogP contribution in [0, 0.1) is 320 Å². The Balaban J connectivity index is 0.0000000804. The topological polar surface area (TPSA) is 607 Å². The number of fused-ring (bicyclic) bond motifs is 54. The minimum atomic E-state index is -0.545. The Morgan fingerprint density at radius 1 is 0.107 bits per heavy atom. The zero-order valence-electron chi connectivity index (χ0n) is 73.6. The second-order valence-corrected chi connectivity index (χ2v) is 46.4. The standard InChI is InChI=1S/2C17H16O6.C16H14O6.C13H12O6.2C12H10O6.C11H8O6/c18-9-3-5-4-1-6(12(5)15(19)22-9)11-8-2-7(10(4)11)13-14(8)17(21)23-16(13)20;18-14-10-4-1-2-5(11(10)15(19)22-14)9-7-3-6(8(4)9)12-13(7)17(21)23-16(12)20;17-13-9-3-1-4(10(9)14(18)21-13)8-6-2-5(7(3)8)11-12(6)16(20)22-15(11)19;14-7-3-6-4-1-2-5(8(6)11(15)18-7)10-9(4)12(16)19-13(10)17;13-6-2-4-3-1-5(7(4)10(14)17-6)9-8(3)11(15)18-12(9)16;13-9-5-3-1-2-4(7(5)11(15)17-9)8-6(3)10(14)18-12(8)16;12-8-4-2-1-3(6(4)10(14)16-8)7-5(2)9(13)17-11(7)15/h4-8,10-14H,1-3H2;4-13H,1-3H2;3-12H,1-2H2;4-6,8-10H,1-3H2;3-5,7-9H,1-2H2;3-8H,1-2H2;2-7H,1H2. The molecule has 23 aliphatic carbocycles. The third-order valence-electron chi connectivity index (χ3n) is 43.3. The molecular formula is C98H86O42. The average molecular weight is 1940 g/mol. The summed E-state index contributed by atoms with van der Waals surface area (Å²) in [6, 6.07) is 0. The van der Waals surface area contributed by atoms with Crippen LogP contribution in [0.4, 0.5) is 0 Å². The number of ether oxygens (including phenoxy) is 14. The largest absolute Gasteiger partial charge is 0.393 e. The van der Waals surface area contributed by atoms with Crippen molar-refractivity contribution in [2.75, 3.05) is 0 Å². The molecule has 0 amide bonds. The van der Waals surface area contributed by atoms with Gasteiger partial charge in [-0.1, -0.05) is 0 Å². The number of hydrogen-bond donors (Lipinski definition) is 0. The van der Waals surface area contributed by atoms with Gasteiger partial charge in [0.15, 0.2) is 0 Å². The summed E-state index contributed by atoms with van der Waals surface area (Å²) in [6.45, 7) is 0. The van der Waals surface area contributed by atoms with E-state index in [0.717, 1.165) is 57.8 Å². The normalized spacial score (nSPS) is 53.6. The van der Waals surface area contributed by atoms with E-state index in [-0.39, 0.29) is 297 Å². The van der Waals surface area contributed by atoms with Crippen molar-refractivity contribution in [3.05, 3.63) is 0 Å². The summed E-state index contributed by atoms with van der Waals surface area (Å²) >= 11 is 0. The van der Waals surface area contributed by atoms with Crippen LogP contribution in [-0.4, -0.2) is 167 Å². The van der Waals surface area contributed by atoms with E-state index in [0.29, 0.717) is 49.9 Å². The average Bonchev–Trinajstić information content (AvgIpc) is 1.50. The molecule has 14 heterocycles. The van der Waals surface area contributed by atoms with Crippen LogP contribution in [0.1, 0.15) is 103 Å². The molecule has 0 spiro atoms. The minimum Gasteiger partial charge on any atom is -0.393 e. The zero-order valence-corrected chi connectivity index (χ0v) is 73.6. The Hall–Kier alpha value is -12.0. The maximum atomic E-state index is 12.2. The molecule has 42 heteroatoms. The van der Waals surface area contributed by atoms with Crippen LogP contribution in [0.2, 0.25) is 0 Å². The number of cyclic esters (lactones) is 28. The lowest BCUT2D eigenvalue weighted by Crippen LogP contribution is -2.57. The third-order valence-corrected chi connectivity index (χ3v) is 43.3. The first-order chi connectivity index (χ1) is 67.0. The summed E-state index contributed by atoms with van der Waals surface area (Å²) in [5.74, 6) is -21.0. The summed E-state index contributed by atoms with van der Waals surface area (Å²) < 4.78 is 66.7. The van der Waals surface area contributed by atoms with E-state index < -0.39 is 184 Å². The SMILES string of the molecule is O=C1CC2C3CC(C2C(=O)O1)C1C(=O)OC(=O)C31.O=C1CC2C3CC(C2C(=O)O1)C1C2CC(C4C(=O)OC(=O)C24)C31.O=C1CC2C3CCC(C2C(=O)O1)C1C(=O)OC(=O)C31.O=C1OC(=O)C2C3CC(C12)C1C(=O)OC(=O)C31.O=C1OC(=O)C2C3CC(C12)C1C2CC(C4C(=O)OC(=O)C24)C31.O=C1OC(=O)C2C3CCC(C12)C1C(=O)OC(=O)C31.O=C1OC(=O)C2C3CCC(C12)C1C2CC(C4C(=O)OC(=O)C24)C31. The van der Waals surface area contributed by atoms with Crippen molar-refractivity contribution < 1.29 is 201 Å². The smallest absolute Gasteiger partial charge is 0.317 e. The number of rotatable bonds is 0. The van der Waals surface area contributed by atoms with Crippen LogP contribution in [0.3, 0.4) is 0 Å². The van der Waals surface area contributed by atoms with E-state index in [4.69, 9.17) is 37.9 Å². The van der Waals surface area contributed by atoms with Crippen LogP contribution in [-0.2, 0) is 201 Å². The maximum Gasteiger partial charge on any atom is 0.317 e. The third kappa shape index (κ3) is 10.8. The second-order valence-electron chi connectivity index (χ2n) is 46.4. The maximum absolute atomic E-state index is 12.2. The van der Waals surface area contributed by atoms with E-state index in [9.17, 15) is 134 Å². The molecule has 0 radical (unpaired) electrons. The summed E-state index contributed by atoms with van der Waals surface area (Å²) in [7, 11) is 0. The van der Waals surface area contributed by atoms with E-state index in [2.05, 4.69) is 28.4 Å². The first-order valence-electron chi connectivity index (χ1n) is 49.6. The Kier molecular flexibility index (Phi) is 17.7. The van der Waals surface area contributed by atoms with Gasteiger partial charge in [-0.25, -0.2) is 0 Å². The summed E-state index contributed by atoms with van der Waals surface area (Å²) in [5.41, 5.74) is 0. The molecule has 0 aromatic rings. The van der Waals surface area contributed by atoms with E-state index in [1.54, 1.807) is 0 Å². The summed E-state index contributed by atoms with van der Waals surface area (Å²) in [6.07, 6.45) is 11.1. The Bertz CT molecular complexity index is 5790. The lowest BCUT2D eigenvalue weighted by Gasteiger charge is -2.55. The zero-order chi connectivity index (χ0) is 96.6. The van der Waals surface area contributed by atoms with Crippen molar-refractivity contribution >= 4 is 167 Å². The van der Waals surface area contributed by atoms with Gasteiger partial charge in [0.1, 0.15) is 0 Å². The highest BCUT2D eigenvalue weighted by atomic mass is 16.6. The van der Waals surface area contributed by atoms with Crippen LogP contribution in [0.15, 0.2) is 0 Å². The van der Waals surface area contributed by atoms with Gasteiger partial charge in [-0.05, 0) is 255 Å². The van der Waals surface area contributed by atoms with Gasteiger partial charge < -0.3 is 66.3 Å². The molecular weight excluding hydrogens is 1850 g/mol. The first-order valence-corrected chi connectivity index (χ1v) is 49.6. The van der Waals surface area contributed by atoms with Gasteiger partial charge in [0.2, 0.25) is 0 Å². The van der Waals surface area contributed by atoms with Gasteiger partial charge in [0.25, 0.3) is 0 Å². The van der Waals surface area contributed by atoms with Crippen LogP contribution >= 0.6 is 0 Å². The van der Waals surface area contributed by atoms with Gasteiger partial charge in [-0.3, -0.25) is 134 Å². The van der Waals surface area contributed by atoms with Gasteiger partial charge in [0, 0.05) is 19.3 Å². The lowest BCUT2D eigenvalue weighted by atomic mass is 9.46. The van der Waals surface area contributed by atoms with Gasteiger partial charge in [-0.2, -0.15) is 0 Å². The fourth-order valence-corrected chi connectivity index (χ4v) is 40.4. The molecule has 0 aromatic carbocycles. The highest BCUT2D eigenvalue weighted by Crippen LogP contribution is 2.79. The van der Waals surface area contributed by atoms with Crippen molar-refractivity contribution in [1.29, 1.82) is 0 Å². The highest BCUT2D eigenvalue weighted by Gasteiger charge is 2.83. The predicted octanol–water partition coefficient (Wildman–Crippen LogP) is -0.139. The molecule has 20 bridgehead atoms. The van der Waals surface area contributed by atoms with Crippen molar-refractivity contribution in [2.45, 2.75) is 103 Å². The molecule has 730 valence electrons. The molecule has 48 atom stereocenters. The van der Waals surface area contributed by atoms with Crippen molar-refractivity contribution in [3.63, 3.8) is 0 Å². The van der Waals surface area contributed by atoms with Crippen LogP contribution in [0.25, 0.3) is 0 Å². The number of carbonyl (C=O) groups is 28. The van der Waals surface area contributed by atoms with E-state index in [1.807, 2.05) is 0 Å². The number of carbonyl (C=O) groups excluding carboxylic acids is 28. The molecule has 0 N–H and O–H groups in total. The van der Waals surface area contributed by atoms with Crippen molar-refractivity contribution in [2.24, 2.45) is 320 Å².